The number of hydrogen-bond donors (Lipinski definition) is 2. The zero-order chi connectivity index (χ0) is 14.8. The molecule has 0 atom stereocenters. The molecule has 1 aromatic carbocycles. The molecule has 8 heteroatoms. The highest BCUT2D eigenvalue weighted by Gasteiger charge is 2.33. The number of aromatic carboxylic acids is 1. The molecule has 0 radical (unpaired) electrons. The van der Waals surface area contributed by atoms with Gasteiger partial charge in [0, 0.05) is 0 Å². The van der Waals surface area contributed by atoms with Gasteiger partial charge in [0.15, 0.2) is 5.69 Å². The third kappa shape index (κ3) is 3.02. The van der Waals surface area contributed by atoms with Crippen LogP contribution in [-0.4, -0.2) is 21.0 Å². The van der Waals surface area contributed by atoms with Crippen LogP contribution in [0.4, 0.5) is 24.7 Å². The number of para-hydroxylation sites is 1. The van der Waals surface area contributed by atoms with Gasteiger partial charge in [-0.1, -0.05) is 12.1 Å². The van der Waals surface area contributed by atoms with Gasteiger partial charge in [0.05, 0.1) is 23.6 Å². The van der Waals surface area contributed by atoms with Crippen molar-refractivity contribution in [3.63, 3.8) is 0 Å². The molecule has 1 heterocycles. The fraction of sp³-hybridized carbons (Fsp3) is 0.0833. The minimum Gasteiger partial charge on any atom is -0.476 e. The number of carboxylic acids is 1. The Hall–Kier alpha value is -2.64. The third-order valence-electron chi connectivity index (χ3n) is 2.37. The number of nitrogens with zero attached hydrogens (tertiary/aromatic N) is 2. The number of hydrogen-bond acceptors (Lipinski definition) is 4. The van der Waals surface area contributed by atoms with E-state index in [4.69, 9.17) is 5.11 Å². The van der Waals surface area contributed by atoms with Crippen molar-refractivity contribution in [2.75, 3.05) is 5.32 Å². The number of nitrogens with one attached hydrogen (secondary N) is 1. The number of anilines is 2. The van der Waals surface area contributed by atoms with Crippen LogP contribution in [0.2, 0.25) is 0 Å². The SMILES string of the molecule is O=C(O)c1cnc(Nc2ccccc2C(F)(F)F)cn1. The van der Waals surface area contributed by atoms with E-state index < -0.39 is 17.7 Å². The van der Waals surface area contributed by atoms with E-state index in [2.05, 4.69) is 15.3 Å². The van der Waals surface area contributed by atoms with E-state index in [1.165, 1.54) is 18.2 Å². The minimum absolute atomic E-state index is 0.0201. The van der Waals surface area contributed by atoms with Gasteiger partial charge < -0.3 is 10.4 Å². The fourth-order valence-electron chi connectivity index (χ4n) is 1.48. The van der Waals surface area contributed by atoms with E-state index in [0.29, 0.717) is 0 Å². The molecule has 5 nitrogen and oxygen atoms in total. The zero-order valence-electron chi connectivity index (χ0n) is 9.85. The third-order valence-corrected chi connectivity index (χ3v) is 2.37. The standard InChI is InChI=1S/C12H8F3N3O2/c13-12(14,15)7-3-1-2-4-8(7)18-10-6-16-9(5-17-10)11(19)20/h1-6H,(H,17,18)(H,19,20). The van der Waals surface area contributed by atoms with Crippen molar-refractivity contribution >= 4 is 17.5 Å². The highest BCUT2D eigenvalue weighted by atomic mass is 19.4. The predicted molar refractivity (Wildman–Crippen MR) is 63.7 cm³/mol. The zero-order valence-corrected chi connectivity index (χ0v) is 9.85. The van der Waals surface area contributed by atoms with Gasteiger partial charge in [-0.2, -0.15) is 13.2 Å². The highest BCUT2D eigenvalue weighted by Crippen LogP contribution is 2.35. The van der Waals surface area contributed by atoms with Gasteiger partial charge in [-0.25, -0.2) is 14.8 Å². The Morgan fingerprint density at radius 3 is 2.40 bits per heavy atom. The maximum Gasteiger partial charge on any atom is 0.418 e. The van der Waals surface area contributed by atoms with Gasteiger partial charge in [0.2, 0.25) is 0 Å². The van der Waals surface area contributed by atoms with E-state index in [1.54, 1.807) is 0 Å². The fourth-order valence-corrected chi connectivity index (χ4v) is 1.48. The van der Waals surface area contributed by atoms with E-state index in [-0.39, 0.29) is 17.2 Å². The molecule has 0 aliphatic carbocycles. The topological polar surface area (TPSA) is 75.1 Å². The molecule has 0 fully saturated rings. The summed E-state index contributed by atoms with van der Waals surface area (Å²) in [7, 11) is 0. The molecule has 0 saturated carbocycles. The van der Waals surface area contributed by atoms with Crippen LogP contribution in [-0.2, 0) is 6.18 Å². The molecular formula is C12H8F3N3O2. The second-order valence-electron chi connectivity index (χ2n) is 3.76. The van der Waals surface area contributed by atoms with Crippen LogP contribution in [0.25, 0.3) is 0 Å². The summed E-state index contributed by atoms with van der Waals surface area (Å²) in [6, 6.07) is 4.89. The van der Waals surface area contributed by atoms with Crippen LogP contribution in [0, 0.1) is 0 Å². The summed E-state index contributed by atoms with van der Waals surface area (Å²) in [6.07, 6.45) is -2.49. The number of carbonyl (C=O) groups is 1. The number of benzene rings is 1. The average molecular weight is 283 g/mol. The lowest BCUT2D eigenvalue weighted by Gasteiger charge is -2.13. The first kappa shape index (κ1) is 13.8. The second-order valence-corrected chi connectivity index (χ2v) is 3.76. The van der Waals surface area contributed by atoms with Crippen LogP contribution in [0.5, 0.6) is 0 Å². The second kappa shape index (κ2) is 5.16. The molecule has 0 amide bonds. The van der Waals surface area contributed by atoms with Gasteiger partial charge in [-0.3, -0.25) is 0 Å². The minimum atomic E-state index is -4.50. The quantitative estimate of drug-likeness (QED) is 0.905. The van der Waals surface area contributed by atoms with Crippen molar-refractivity contribution in [3.05, 3.63) is 47.9 Å². The van der Waals surface area contributed by atoms with E-state index in [0.717, 1.165) is 18.5 Å². The van der Waals surface area contributed by atoms with Crippen LogP contribution in [0.3, 0.4) is 0 Å². The lowest BCUT2D eigenvalue weighted by atomic mass is 10.1. The summed E-state index contributed by atoms with van der Waals surface area (Å²) in [4.78, 5) is 17.8. The summed E-state index contributed by atoms with van der Waals surface area (Å²) in [6.45, 7) is 0. The van der Waals surface area contributed by atoms with E-state index in [1.807, 2.05) is 0 Å². The van der Waals surface area contributed by atoms with Crippen molar-refractivity contribution in [1.29, 1.82) is 0 Å². The Bertz CT molecular complexity index is 627. The average Bonchev–Trinajstić information content (AvgIpc) is 2.38. The van der Waals surface area contributed by atoms with Crippen LogP contribution in [0.15, 0.2) is 36.7 Å². The lowest BCUT2D eigenvalue weighted by molar-refractivity contribution is -0.136. The molecule has 0 aliphatic rings. The maximum absolute atomic E-state index is 12.8. The Morgan fingerprint density at radius 1 is 1.15 bits per heavy atom. The normalized spacial score (nSPS) is 11.2. The summed E-state index contributed by atoms with van der Waals surface area (Å²) >= 11 is 0. The van der Waals surface area contributed by atoms with E-state index >= 15 is 0 Å². The lowest BCUT2D eigenvalue weighted by Crippen LogP contribution is -2.09. The predicted octanol–water partition coefficient (Wildman–Crippen LogP) is 2.94. The molecule has 0 spiro atoms. The molecule has 0 aliphatic heterocycles. The first-order chi connectivity index (χ1) is 9.38. The number of aromatic nitrogens is 2. The van der Waals surface area contributed by atoms with Crippen LogP contribution < -0.4 is 5.32 Å². The Labute approximate surface area is 111 Å². The van der Waals surface area contributed by atoms with Crippen molar-refractivity contribution in [2.45, 2.75) is 6.18 Å². The molecule has 1 aromatic heterocycles. The first-order valence-corrected chi connectivity index (χ1v) is 5.36. The molecule has 2 aromatic rings. The highest BCUT2D eigenvalue weighted by molar-refractivity contribution is 5.85. The van der Waals surface area contributed by atoms with Gasteiger partial charge in [0.25, 0.3) is 0 Å². The molecule has 2 N–H and O–H groups in total. The van der Waals surface area contributed by atoms with Crippen molar-refractivity contribution in [2.24, 2.45) is 0 Å². The van der Waals surface area contributed by atoms with Gasteiger partial charge in [-0.05, 0) is 12.1 Å². The van der Waals surface area contributed by atoms with Gasteiger partial charge >= 0.3 is 12.1 Å². The number of halogens is 3. The molecule has 0 bridgehead atoms. The van der Waals surface area contributed by atoms with E-state index in [9.17, 15) is 18.0 Å². The molecule has 104 valence electrons. The Kier molecular flexibility index (Phi) is 3.55. The summed E-state index contributed by atoms with van der Waals surface area (Å²) in [5.41, 5.74) is -1.32. The molecule has 2 rings (SSSR count). The monoisotopic (exact) mass is 283 g/mol. The van der Waals surface area contributed by atoms with Crippen LogP contribution >= 0.6 is 0 Å². The summed E-state index contributed by atoms with van der Waals surface area (Å²) in [5.74, 6) is -1.24. The molecule has 20 heavy (non-hydrogen) atoms. The van der Waals surface area contributed by atoms with Crippen molar-refractivity contribution < 1.29 is 23.1 Å². The summed E-state index contributed by atoms with van der Waals surface area (Å²) < 4.78 is 38.3. The molecule has 0 unspecified atom stereocenters. The maximum atomic E-state index is 12.8. The Balaban J connectivity index is 2.28. The van der Waals surface area contributed by atoms with Crippen LogP contribution in [0.1, 0.15) is 16.1 Å². The largest absolute Gasteiger partial charge is 0.476 e. The number of rotatable bonds is 3. The number of alkyl halides is 3. The summed E-state index contributed by atoms with van der Waals surface area (Å²) in [5, 5.41) is 11.1. The molecule has 0 saturated heterocycles. The smallest absolute Gasteiger partial charge is 0.418 e. The first-order valence-electron chi connectivity index (χ1n) is 5.36. The van der Waals surface area contributed by atoms with Crippen molar-refractivity contribution in [3.8, 4) is 0 Å². The van der Waals surface area contributed by atoms with Crippen molar-refractivity contribution in [1.82, 2.24) is 9.97 Å². The molecular weight excluding hydrogens is 275 g/mol. The Morgan fingerprint density at radius 2 is 1.85 bits per heavy atom. The van der Waals surface area contributed by atoms with Gasteiger partial charge in [-0.15, -0.1) is 0 Å². The van der Waals surface area contributed by atoms with Gasteiger partial charge in [0.1, 0.15) is 5.82 Å². The number of carboxylic acid groups (broad SMARTS) is 1.